The monoisotopic (exact) mass is 270 g/mol. The van der Waals surface area contributed by atoms with Gasteiger partial charge in [0.2, 0.25) is 0 Å². The van der Waals surface area contributed by atoms with E-state index in [4.69, 9.17) is 0 Å². The van der Waals surface area contributed by atoms with E-state index >= 15 is 0 Å². The summed E-state index contributed by atoms with van der Waals surface area (Å²) in [5.41, 5.74) is 0.255. The Balaban J connectivity index is 3.88. The third kappa shape index (κ3) is 6.49. The standard InChI is InChI=1S/C9H19BrO2S/c1-4-9(2,8-10)6-5-7-13(3,11)12/h4-8H2,1-3H3. The van der Waals surface area contributed by atoms with Crippen LogP contribution in [0.15, 0.2) is 0 Å². The topological polar surface area (TPSA) is 34.1 Å². The fourth-order valence-corrected chi connectivity index (χ4v) is 2.44. The Hall–Kier alpha value is 0.430. The molecule has 0 heterocycles. The van der Waals surface area contributed by atoms with Crippen LogP contribution in [0.5, 0.6) is 0 Å². The van der Waals surface area contributed by atoms with Gasteiger partial charge in [0.05, 0.1) is 0 Å². The largest absolute Gasteiger partial charge is 0.229 e. The molecule has 0 amide bonds. The average molecular weight is 271 g/mol. The van der Waals surface area contributed by atoms with Crippen molar-refractivity contribution in [1.82, 2.24) is 0 Å². The van der Waals surface area contributed by atoms with Gasteiger partial charge in [-0.2, -0.15) is 0 Å². The Morgan fingerprint density at radius 1 is 1.38 bits per heavy atom. The molecule has 0 saturated carbocycles. The third-order valence-corrected chi connectivity index (χ3v) is 4.86. The van der Waals surface area contributed by atoms with Crippen molar-refractivity contribution < 1.29 is 8.42 Å². The summed E-state index contributed by atoms with van der Waals surface area (Å²) in [5.74, 6) is 0.315. The second-order valence-electron chi connectivity index (χ2n) is 4.03. The van der Waals surface area contributed by atoms with Gasteiger partial charge in [-0.05, 0) is 24.7 Å². The van der Waals surface area contributed by atoms with Gasteiger partial charge in [0.25, 0.3) is 0 Å². The van der Waals surface area contributed by atoms with Crippen molar-refractivity contribution in [3.63, 3.8) is 0 Å². The Kier molecular flexibility index (Phi) is 5.52. The molecule has 0 rings (SSSR count). The van der Waals surface area contributed by atoms with Crippen LogP contribution in [-0.4, -0.2) is 25.8 Å². The first-order chi connectivity index (χ1) is 5.83. The molecule has 4 heteroatoms. The predicted molar refractivity (Wildman–Crippen MR) is 61.1 cm³/mol. The van der Waals surface area contributed by atoms with Crippen LogP contribution in [0, 0.1) is 5.41 Å². The van der Waals surface area contributed by atoms with E-state index in [0.29, 0.717) is 5.75 Å². The zero-order valence-electron chi connectivity index (χ0n) is 8.64. The molecular weight excluding hydrogens is 252 g/mol. The van der Waals surface area contributed by atoms with Gasteiger partial charge < -0.3 is 0 Å². The lowest BCUT2D eigenvalue weighted by Crippen LogP contribution is -2.18. The molecule has 0 aliphatic carbocycles. The van der Waals surface area contributed by atoms with Gasteiger partial charge in [0.1, 0.15) is 9.84 Å². The van der Waals surface area contributed by atoms with E-state index in [2.05, 4.69) is 29.8 Å². The molecule has 0 spiro atoms. The number of halogens is 1. The fourth-order valence-electron chi connectivity index (χ4n) is 1.10. The van der Waals surface area contributed by atoms with Crippen LogP contribution in [0.2, 0.25) is 0 Å². The number of rotatable bonds is 6. The summed E-state index contributed by atoms with van der Waals surface area (Å²) in [5, 5.41) is 0.945. The summed E-state index contributed by atoms with van der Waals surface area (Å²) in [6.07, 6.45) is 4.13. The molecule has 2 nitrogen and oxygen atoms in total. The quantitative estimate of drug-likeness (QED) is 0.696. The molecular formula is C9H19BrO2S. The molecule has 0 aromatic rings. The second kappa shape index (κ2) is 5.35. The average Bonchev–Trinajstić information content (AvgIpc) is 2.02. The van der Waals surface area contributed by atoms with Gasteiger partial charge >= 0.3 is 0 Å². The third-order valence-electron chi connectivity index (χ3n) is 2.47. The Morgan fingerprint density at radius 3 is 2.23 bits per heavy atom. The lowest BCUT2D eigenvalue weighted by atomic mass is 9.85. The summed E-state index contributed by atoms with van der Waals surface area (Å²) in [4.78, 5) is 0. The van der Waals surface area contributed by atoms with Crippen molar-refractivity contribution in [2.24, 2.45) is 5.41 Å². The molecule has 0 aromatic carbocycles. The minimum absolute atomic E-state index is 0.255. The van der Waals surface area contributed by atoms with E-state index < -0.39 is 9.84 Å². The van der Waals surface area contributed by atoms with Crippen molar-refractivity contribution in [3.05, 3.63) is 0 Å². The van der Waals surface area contributed by atoms with Gasteiger partial charge in [0.15, 0.2) is 0 Å². The molecule has 1 unspecified atom stereocenters. The Labute approximate surface area is 90.2 Å². The SMILES string of the molecule is CCC(C)(CBr)CCCS(C)(=O)=O. The van der Waals surface area contributed by atoms with Crippen molar-refractivity contribution in [2.45, 2.75) is 33.1 Å². The van der Waals surface area contributed by atoms with Crippen molar-refractivity contribution in [1.29, 1.82) is 0 Å². The molecule has 0 N–H and O–H groups in total. The van der Waals surface area contributed by atoms with Crippen LogP contribution < -0.4 is 0 Å². The maximum Gasteiger partial charge on any atom is 0.147 e. The number of alkyl halides is 1. The maximum absolute atomic E-state index is 10.9. The van der Waals surface area contributed by atoms with Crippen LogP contribution >= 0.6 is 15.9 Å². The predicted octanol–water partition coefficient (Wildman–Crippen LogP) is 2.62. The Morgan fingerprint density at radius 2 is 1.92 bits per heavy atom. The van der Waals surface area contributed by atoms with E-state index in [9.17, 15) is 8.42 Å². The molecule has 0 saturated heterocycles. The smallest absolute Gasteiger partial charge is 0.147 e. The van der Waals surface area contributed by atoms with Crippen molar-refractivity contribution >= 4 is 25.8 Å². The molecule has 0 aromatic heterocycles. The van der Waals surface area contributed by atoms with E-state index in [0.717, 1.165) is 24.6 Å². The summed E-state index contributed by atoms with van der Waals surface area (Å²) < 4.78 is 21.8. The molecule has 0 bridgehead atoms. The highest BCUT2D eigenvalue weighted by molar-refractivity contribution is 9.09. The van der Waals surface area contributed by atoms with E-state index in [1.54, 1.807) is 0 Å². The molecule has 0 aliphatic rings. The minimum Gasteiger partial charge on any atom is -0.229 e. The number of sulfone groups is 1. The van der Waals surface area contributed by atoms with Crippen LogP contribution in [0.1, 0.15) is 33.1 Å². The van der Waals surface area contributed by atoms with Crippen molar-refractivity contribution in [2.75, 3.05) is 17.3 Å². The van der Waals surface area contributed by atoms with Gasteiger partial charge in [-0.3, -0.25) is 0 Å². The molecule has 1 atom stereocenters. The zero-order chi connectivity index (χ0) is 10.5. The summed E-state index contributed by atoms with van der Waals surface area (Å²) >= 11 is 3.46. The van der Waals surface area contributed by atoms with Crippen LogP contribution in [0.25, 0.3) is 0 Å². The van der Waals surface area contributed by atoms with Crippen LogP contribution in [0.4, 0.5) is 0 Å². The van der Waals surface area contributed by atoms with Gasteiger partial charge in [-0.15, -0.1) is 0 Å². The first-order valence-electron chi connectivity index (χ1n) is 4.57. The first kappa shape index (κ1) is 13.4. The molecule has 0 fully saturated rings. The highest BCUT2D eigenvalue weighted by Gasteiger charge is 2.20. The van der Waals surface area contributed by atoms with Gasteiger partial charge in [0, 0.05) is 17.3 Å². The molecule has 13 heavy (non-hydrogen) atoms. The first-order valence-corrected chi connectivity index (χ1v) is 7.75. The highest BCUT2D eigenvalue weighted by atomic mass is 79.9. The second-order valence-corrected chi connectivity index (χ2v) is 6.85. The summed E-state index contributed by atoms with van der Waals surface area (Å²) in [6.45, 7) is 4.33. The summed E-state index contributed by atoms with van der Waals surface area (Å²) in [6, 6.07) is 0. The maximum atomic E-state index is 10.9. The van der Waals surface area contributed by atoms with Gasteiger partial charge in [-0.1, -0.05) is 29.8 Å². The molecule has 0 aliphatic heterocycles. The van der Waals surface area contributed by atoms with Crippen LogP contribution in [-0.2, 0) is 9.84 Å². The van der Waals surface area contributed by atoms with E-state index in [1.807, 2.05) is 0 Å². The number of hydrogen-bond acceptors (Lipinski definition) is 2. The van der Waals surface area contributed by atoms with E-state index in [-0.39, 0.29) is 5.41 Å². The van der Waals surface area contributed by atoms with Gasteiger partial charge in [-0.25, -0.2) is 8.42 Å². The van der Waals surface area contributed by atoms with E-state index in [1.165, 1.54) is 6.26 Å². The molecule has 80 valence electrons. The number of hydrogen-bond donors (Lipinski definition) is 0. The van der Waals surface area contributed by atoms with Crippen LogP contribution in [0.3, 0.4) is 0 Å². The lowest BCUT2D eigenvalue weighted by molar-refractivity contribution is 0.330. The highest BCUT2D eigenvalue weighted by Crippen LogP contribution is 2.29. The lowest BCUT2D eigenvalue weighted by Gasteiger charge is -2.25. The minimum atomic E-state index is -2.78. The molecule has 0 radical (unpaired) electrons. The Bertz CT molecular complexity index is 230. The zero-order valence-corrected chi connectivity index (χ0v) is 11.0. The normalized spacial score (nSPS) is 16.9. The fraction of sp³-hybridized carbons (Fsp3) is 1.00. The van der Waals surface area contributed by atoms with Crippen molar-refractivity contribution in [3.8, 4) is 0 Å². The summed E-state index contributed by atoms with van der Waals surface area (Å²) in [7, 11) is -2.78.